The maximum atomic E-state index is 13.1. The zero-order valence-electron chi connectivity index (χ0n) is 16.9. The highest BCUT2D eigenvalue weighted by Crippen LogP contribution is 2.25. The quantitative estimate of drug-likeness (QED) is 0.519. The molecule has 1 aliphatic heterocycles. The number of piperazine rings is 1. The molecule has 4 heterocycles. The van der Waals surface area contributed by atoms with E-state index in [0.717, 1.165) is 10.9 Å². The first-order valence-electron chi connectivity index (χ1n) is 10.3. The van der Waals surface area contributed by atoms with Crippen LogP contribution in [-0.4, -0.2) is 64.2 Å². The Bertz CT molecular complexity index is 1350. The van der Waals surface area contributed by atoms with E-state index in [9.17, 15) is 13.2 Å². The molecule has 31 heavy (non-hydrogen) atoms. The number of fused-ring (bicyclic) bond motifs is 2. The minimum absolute atomic E-state index is 0.0473. The molecule has 0 atom stereocenters. The lowest BCUT2D eigenvalue weighted by atomic mass is 10.2. The number of H-pyrrole nitrogens is 1. The zero-order chi connectivity index (χ0) is 21.4. The van der Waals surface area contributed by atoms with Crippen LogP contribution in [-0.2, 0) is 21.4 Å². The lowest BCUT2D eigenvalue weighted by Crippen LogP contribution is -2.50. The second-order valence-corrected chi connectivity index (χ2v) is 9.56. The van der Waals surface area contributed by atoms with Crippen LogP contribution in [0.4, 0.5) is 0 Å². The van der Waals surface area contributed by atoms with Gasteiger partial charge in [0.1, 0.15) is 10.5 Å². The fraction of sp³-hybridized carbons (Fsp3) is 0.273. The van der Waals surface area contributed by atoms with E-state index in [-0.39, 0.29) is 23.9 Å². The Balaban J connectivity index is 1.22. The number of aromatic nitrogens is 3. The molecule has 1 saturated heterocycles. The smallest absolute Gasteiger partial charge is 0.245 e. The topological polar surface area (TPSA) is 91.3 Å². The van der Waals surface area contributed by atoms with Crippen molar-refractivity contribution < 1.29 is 13.2 Å². The molecular formula is C22H23N5O3S. The number of aryl methyl sites for hydroxylation is 1. The molecule has 0 bridgehead atoms. The van der Waals surface area contributed by atoms with E-state index >= 15 is 0 Å². The summed E-state index contributed by atoms with van der Waals surface area (Å²) in [6, 6.07) is 13.6. The summed E-state index contributed by atoms with van der Waals surface area (Å²) >= 11 is 0. The Labute approximate surface area is 180 Å². The van der Waals surface area contributed by atoms with Gasteiger partial charge in [-0.1, -0.05) is 18.2 Å². The van der Waals surface area contributed by atoms with Crippen molar-refractivity contribution >= 4 is 37.9 Å². The van der Waals surface area contributed by atoms with E-state index in [2.05, 4.69) is 20.6 Å². The zero-order valence-corrected chi connectivity index (χ0v) is 17.8. The van der Waals surface area contributed by atoms with Gasteiger partial charge in [-0.3, -0.25) is 4.79 Å². The van der Waals surface area contributed by atoms with Crippen LogP contribution in [0, 0.1) is 0 Å². The van der Waals surface area contributed by atoms with Crippen molar-refractivity contribution in [3.8, 4) is 0 Å². The summed E-state index contributed by atoms with van der Waals surface area (Å²) < 4.78 is 29.8. The lowest BCUT2D eigenvalue weighted by molar-refractivity contribution is -0.132. The summed E-state index contributed by atoms with van der Waals surface area (Å²) in [5.41, 5.74) is 1.66. The van der Waals surface area contributed by atoms with Crippen LogP contribution in [0.5, 0.6) is 0 Å². The number of para-hydroxylation sites is 1. The minimum atomic E-state index is -3.65. The summed E-state index contributed by atoms with van der Waals surface area (Å²) in [5.74, 6) is 0.0473. The molecule has 9 heteroatoms. The molecule has 3 aromatic heterocycles. The maximum absolute atomic E-state index is 13.1. The van der Waals surface area contributed by atoms with Gasteiger partial charge in [0.2, 0.25) is 15.9 Å². The number of hydrogen-bond donors (Lipinski definition) is 1. The SMILES string of the molecule is O=C(CCn1ccc2ccccc21)N1CCN(S(=O)(=O)c2c[nH]c3ncccc23)CC1. The molecule has 1 fully saturated rings. The van der Waals surface area contributed by atoms with Crippen LogP contribution in [0.2, 0.25) is 0 Å². The molecule has 1 N–H and O–H groups in total. The number of benzene rings is 1. The number of rotatable bonds is 5. The number of amides is 1. The predicted molar refractivity (Wildman–Crippen MR) is 118 cm³/mol. The summed E-state index contributed by atoms with van der Waals surface area (Å²) in [7, 11) is -3.65. The molecule has 160 valence electrons. The molecule has 1 aliphatic rings. The van der Waals surface area contributed by atoms with Gasteiger partial charge in [-0.25, -0.2) is 13.4 Å². The highest BCUT2D eigenvalue weighted by molar-refractivity contribution is 7.89. The van der Waals surface area contributed by atoms with Crippen molar-refractivity contribution in [2.75, 3.05) is 26.2 Å². The van der Waals surface area contributed by atoms with E-state index in [1.54, 1.807) is 23.2 Å². The van der Waals surface area contributed by atoms with Gasteiger partial charge in [0.25, 0.3) is 0 Å². The van der Waals surface area contributed by atoms with Crippen molar-refractivity contribution in [3.05, 3.63) is 61.1 Å². The fourth-order valence-corrected chi connectivity index (χ4v) is 5.74. The molecule has 0 spiro atoms. The fourth-order valence-electron chi connectivity index (χ4n) is 4.17. The minimum Gasteiger partial charge on any atom is -0.347 e. The van der Waals surface area contributed by atoms with Gasteiger partial charge in [0, 0.05) is 68.6 Å². The van der Waals surface area contributed by atoms with Gasteiger partial charge >= 0.3 is 0 Å². The predicted octanol–water partition coefficient (Wildman–Crippen LogP) is 2.44. The van der Waals surface area contributed by atoms with Crippen LogP contribution in [0.15, 0.2) is 66.0 Å². The molecule has 0 saturated carbocycles. The average Bonchev–Trinajstić information content (AvgIpc) is 3.42. The summed E-state index contributed by atoms with van der Waals surface area (Å²) in [4.78, 5) is 21.8. The second-order valence-electron chi connectivity index (χ2n) is 7.66. The second kappa shape index (κ2) is 7.82. The molecule has 8 nitrogen and oxygen atoms in total. The van der Waals surface area contributed by atoms with Gasteiger partial charge in [0.15, 0.2) is 0 Å². The number of carbonyl (C=O) groups excluding carboxylic acids is 1. The van der Waals surface area contributed by atoms with Crippen LogP contribution >= 0.6 is 0 Å². The summed E-state index contributed by atoms with van der Waals surface area (Å²) in [6.07, 6.45) is 5.50. The molecule has 0 unspecified atom stereocenters. The van der Waals surface area contributed by atoms with Crippen molar-refractivity contribution in [2.24, 2.45) is 0 Å². The Morgan fingerprint density at radius 2 is 1.84 bits per heavy atom. The standard InChI is InChI=1S/C22H23N5O3S/c28-21(8-11-25-10-7-17-4-1-2-6-19(17)25)26-12-14-27(15-13-26)31(29,30)20-16-24-22-18(20)5-3-9-23-22/h1-7,9-10,16H,8,11-15H2,(H,23,24). The Kier molecular flexibility index (Phi) is 4.99. The van der Waals surface area contributed by atoms with Crippen molar-refractivity contribution in [3.63, 3.8) is 0 Å². The van der Waals surface area contributed by atoms with Gasteiger partial charge in [0.05, 0.1) is 0 Å². The molecule has 1 amide bonds. The number of nitrogens with one attached hydrogen (secondary N) is 1. The normalized spacial score (nSPS) is 15.7. The van der Waals surface area contributed by atoms with Crippen molar-refractivity contribution in [1.82, 2.24) is 23.7 Å². The first-order chi connectivity index (χ1) is 15.0. The van der Waals surface area contributed by atoms with Crippen LogP contribution in [0.1, 0.15) is 6.42 Å². The molecular weight excluding hydrogens is 414 g/mol. The molecule has 1 aromatic carbocycles. The van der Waals surface area contributed by atoms with Gasteiger partial charge in [-0.05, 0) is 29.7 Å². The van der Waals surface area contributed by atoms with Crippen LogP contribution in [0.25, 0.3) is 21.9 Å². The van der Waals surface area contributed by atoms with Crippen molar-refractivity contribution in [2.45, 2.75) is 17.9 Å². The largest absolute Gasteiger partial charge is 0.347 e. The maximum Gasteiger partial charge on any atom is 0.245 e. The first kappa shape index (κ1) is 19.8. The Hall–Kier alpha value is -3.17. The van der Waals surface area contributed by atoms with Gasteiger partial charge in [-0.2, -0.15) is 4.31 Å². The summed E-state index contributed by atoms with van der Waals surface area (Å²) in [6.45, 7) is 1.96. The van der Waals surface area contributed by atoms with E-state index in [1.165, 1.54) is 10.5 Å². The average molecular weight is 438 g/mol. The first-order valence-corrected chi connectivity index (χ1v) is 11.7. The van der Waals surface area contributed by atoms with Gasteiger partial charge < -0.3 is 14.5 Å². The van der Waals surface area contributed by atoms with E-state index in [4.69, 9.17) is 0 Å². The third kappa shape index (κ3) is 3.60. The third-order valence-electron chi connectivity index (χ3n) is 5.87. The van der Waals surface area contributed by atoms with E-state index in [1.807, 2.05) is 30.5 Å². The highest BCUT2D eigenvalue weighted by atomic mass is 32.2. The number of hydrogen-bond acceptors (Lipinski definition) is 4. The van der Waals surface area contributed by atoms with E-state index in [0.29, 0.717) is 37.1 Å². The molecule has 0 radical (unpaired) electrons. The molecule has 5 rings (SSSR count). The number of aromatic amines is 1. The number of pyridine rings is 1. The lowest BCUT2D eigenvalue weighted by Gasteiger charge is -2.34. The van der Waals surface area contributed by atoms with Gasteiger partial charge in [-0.15, -0.1) is 0 Å². The number of sulfonamides is 1. The Morgan fingerprint density at radius 1 is 1.03 bits per heavy atom. The molecule has 0 aliphatic carbocycles. The highest BCUT2D eigenvalue weighted by Gasteiger charge is 2.31. The number of carbonyl (C=O) groups is 1. The van der Waals surface area contributed by atoms with Crippen molar-refractivity contribution in [1.29, 1.82) is 0 Å². The van der Waals surface area contributed by atoms with E-state index < -0.39 is 10.0 Å². The molecule has 4 aromatic rings. The third-order valence-corrected chi connectivity index (χ3v) is 7.81. The monoisotopic (exact) mass is 437 g/mol. The summed E-state index contributed by atoms with van der Waals surface area (Å²) in [5, 5.41) is 1.74. The Morgan fingerprint density at radius 3 is 2.68 bits per heavy atom. The van der Waals surface area contributed by atoms with Crippen LogP contribution in [0.3, 0.4) is 0 Å². The van der Waals surface area contributed by atoms with Crippen LogP contribution < -0.4 is 0 Å². The number of nitrogens with zero attached hydrogens (tertiary/aromatic N) is 4.